The van der Waals surface area contributed by atoms with Crippen LogP contribution in [0.25, 0.3) is 0 Å². The van der Waals surface area contributed by atoms with Crippen LogP contribution < -0.4 is 0 Å². The van der Waals surface area contributed by atoms with Crippen molar-refractivity contribution in [3.8, 4) is 0 Å². The van der Waals surface area contributed by atoms with E-state index in [9.17, 15) is 9.59 Å². The van der Waals surface area contributed by atoms with Gasteiger partial charge in [0.05, 0.1) is 12.3 Å². The van der Waals surface area contributed by atoms with E-state index in [-0.39, 0.29) is 18.2 Å². The predicted molar refractivity (Wildman–Crippen MR) is 98.2 cm³/mol. The lowest BCUT2D eigenvalue weighted by molar-refractivity contribution is -0.139. The summed E-state index contributed by atoms with van der Waals surface area (Å²) in [6.45, 7) is 3.58. The van der Waals surface area contributed by atoms with Crippen LogP contribution in [0.2, 0.25) is 0 Å². The second kappa shape index (κ2) is 8.28. The zero-order valence-corrected chi connectivity index (χ0v) is 15.0. The average molecular weight is 341 g/mol. The molecule has 1 saturated heterocycles. The van der Waals surface area contributed by atoms with Gasteiger partial charge in [0.1, 0.15) is 0 Å². The molecule has 1 aromatic rings. The van der Waals surface area contributed by atoms with E-state index >= 15 is 0 Å². The molecule has 1 atom stereocenters. The first-order valence-electron chi connectivity index (χ1n) is 9.41. The summed E-state index contributed by atoms with van der Waals surface area (Å²) in [6.07, 6.45) is 5.68. The largest absolute Gasteiger partial charge is 0.340 e. The van der Waals surface area contributed by atoms with Crippen molar-refractivity contribution in [2.24, 2.45) is 5.10 Å². The maximum absolute atomic E-state index is 12.5. The third kappa shape index (κ3) is 4.27. The van der Waals surface area contributed by atoms with Crippen LogP contribution >= 0.6 is 0 Å². The van der Waals surface area contributed by atoms with Crippen molar-refractivity contribution in [1.29, 1.82) is 0 Å². The fourth-order valence-electron chi connectivity index (χ4n) is 3.71. The second-order valence-electron chi connectivity index (χ2n) is 6.82. The maximum Gasteiger partial charge on any atom is 0.243 e. The molecule has 2 aliphatic rings. The van der Waals surface area contributed by atoms with Gasteiger partial charge >= 0.3 is 0 Å². The van der Waals surface area contributed by atoms with Crippen LogP contribution in [-0.4, -0.2) is 46.6 Å². The summed E-state index contributed by atoms with van der Waals surface area (Å²) >= 11 is 0. The molecule has 0 spiro atoms. The Morgan fingerprint density at radius 2 is 1.84 bits per heavy atom. The van der Waals surface area contributed by atoms with Crippen molar-refractivity contribution >= 4 is 17.5 Å². The minimum Gasteiger partial charge on any atom is -0.340 e. The topological polar surface area (TPSA) is 53.0 Å². The highest BCUT2D eigenvalue weighted by atomic mass is 16.2. The molecule has 3 rings (SSSR count). The molecule has 0 saturated carbocycles. The van der Waals surface area contributed by atoms with Gasteiger partial charge in [0.2, 0.25) is 11.8 Å². The van der Waals surface area contributed by atoms with Crippen molar-refractivity contribution < 1.29 is 9.59 Å². The number of nitrogens with zero attached hydrogens (tertiary/aromatic N) is 3. The van der Waals surface area contributed by atoms with Crippen LogP contribution in [-0.2, 0) is 9.59 Å². The van der Waals surface area contributed by atoms with Gasteiger partial charge in [-0.2, -0.15) is 5.10 Å². The highest BCUT2D eigenvalue weighted by molar-refractivity contribution is 6.02. The molecule has 0 bridgehead atoms. The molecule has 2 aliphatic heterocycles. The quantitative estimate of drug-likeness (QED) is 0.826. The zero-order chi connectivity index (χ0) is 17.6. The molecule has 0 radical (unpaired) electrons. The van der Waals surface area contributed by atoms with Crippen molar-refractivity contribution in [3.63, 3.8) is 0 Å². The molecule has 0 N–H and O–H groups in total. The van der Waals surface area contributed by atoms with E-state index in [1.807, 2.05) is 35.2 Å². The normalized spacial score (nSPS) is 20.5. The van der Waals surface area contributed by atoms with Gasteiger partial charge in [-0.15, -0.1) is 0 Å². The lowest BCUT2D eigenvalue weighted by Gasteiger charge is -2.35. The first-order chi connectivity index (χ1) is 12.2. The minimum absolute atomic E-state index is 0.0515. The number of rotatable bonds is 5. The Morgan fingerprint density at radius 1 is 1.08 bits per heavy atom. The number of hydrazone groups is 1. The Hall–Kier alpha value is -2.17. The number of benzene rings is 1. The standard InChI is InChI=1S/C20H27N3O2/c1-2-17-10-6-7-14-22(17)19(24)11-12-20(25)23-15-13-18(21-23)16-8-4-3-5-9-16/h3-5,8-9,17H,2,6-7,10-15H2,1H3. The predicted octanol–water partition coefficient (Wildman–Crippen LogP) is 3.19. The fourth-order valence-corrected chi connectivity index (χ4v) is 3.71. The molecule has 1 aromatic carbocycles. The SMILES string of the molecule is CCC1CCCCN1C(=O)CCC(=O)N1CCC(c2ccccc2)=N1. The van der Waals surface area contributed by atoms with E-state index in [1.54, 1.807) is 0 Å². The van der Waals surface area contributed by atoms with Gasteiger partial charge in [-0.05, 0) is 31.2 Å². The van der Waals surface area contributed by atoms with Gasteiger partial charge in [-0.3, -0.25) is 9.59 Å². The summed E-state index contributed by atoms with van der Waals surface area (Å²) in [6, 6.07) is 10.3. The van der Waals surface area contributed by atoms with E-state index < -0.39 is 0 Å². The summed E-state index contributed by atoms with van der Waals surface area (Å²) in [5.74, 6) is 0.0655. The molecule has 2 heterocycles. The lowest BCUT2D eigenvalue weighted by Crippen LogP contribution is -2.43. The molecule has 0 aromatic heterocycles. The third-order valence-electron chi connectivity index (χ3n) is 5.17. The highest BCUT2D eigenvalue weighted by Gasteiger charge is 2.27. The number of piperidine rings is 1. The maximum atomic E-state index is 12.5. The van der Waals surface area contributed by atoms with Crippen LogP contribution in [0.4, 0.5) is 0 Å². The summed E-state index contributed by atoms with van der Waals surface area (Å²) in [7, 11) is 0. The molecule has 134 valence electrons. The number of likely N-dealkylation sites (tertiary alicyclic amines) is 1. The highest BCUT2D eigenvalue weighted by Crippen LogP contribution is 2.21. The smallest absolute Gasteiger partial charge is 0.243 e. The van der Waals surface area contributed by atoms with Gasteiger partial charge in [-0.1, -0.05) is 37.3 Å². The van der Waals surface area contributed by atoms with Crippen molar-refractivity contribution in [2.75, 3.05) is 13.1 Å². The monoisotopic (exact) mass is 341 g/mol. The average Bonchev–Trinajstić information content (AvgIpc) is 3.17. The second-order valence-corrected chi connectivity index (χ2v) is 6.82. The Morgan fingerprint density at radius 3 is 2.60 bits per heavy atom. The van der Waals surface area contributed by atoms with Crippen molar-refractivity contribution in [1.82, 2.24) is 9.91 Å². The number of carbonyl (C=O) groups is 2. The van der Waals surface area contributed by atoms with Gasteiger partial charge in [0.15, 0.2) is 0 Å². The lowest BCUT2D eigenvalue weighted by atomic mass is 9.99. The fraction of sp³-hybridized carbons (Fsp3) is 0.550. The molecule has 2 amide bonds. The van der Waals surface area contributed by atoms with Crippen LogP contribution in [0, 0.1) is 0 Å². The molecular formula is C20H27N3O2. The van der Waals surface area contributed by atoms with Gasteiger partial charge < -0.3 is 4.90 Å². The summed E-state index contributed by atoms with van der Waals surface area (Å²) in [5.41, 5.74) is 2.01. The molecule has 1 unspecified atom stereocenters. The van der Waals surface area contributed by atoms with E-state index in [1.165, 1.54) is 11.4 Å². The van der Waals surface area contributed by atoms with E-state index in [0.717, 1.165) is 43.5 Å². The summed E-state index contributed by atoms with van der Waals surface area (Å²) in [4.78, 5) is 26.9. The van der Waals surface area contributed by atoms with Crippen LogP contribution in [0.5, 0.6) is 0 Å². The Bertz CT molecular complexity index is 642. The Labute approximate surface area is 149 Å². The van der Waals surface area contributed by atoms with Gasteiger partial charge in [0, 0.05) is 31.8 Å². The van der Waals surface area contributed by atoms with E-state index in [4.69, 9.17) is 0 Å². The molecule has 25 heavy (non-hydrogen) atoms. The minimum atomic E-state index is -0.0515. The van der Waals surface area contributed by atoms with Crippen LogP contribution in [0.15, 0.2) is 35.4 Å². The van der Waals surface area contributed by atoms with Crippen LogP contribution in [0.1, 0.15) is 57.4 Å². The van der Waals surface area contributed by atoms with Gasteiger partial charge in [-0.25, -0.2) is 5.01 Å². The molecule has 1 fully saturated rings. The first kappa shape index (κ1) is 17.6. The molecule has 5 nitrogen and oxygen atoms in total. The van der Waals surface area contributed by atoms with E-state index in [2.05, 4.69) is 12.0 Å². The molecule has 5 heteroatoms. The zero-order valence-electron chi connectivity index (χ0n) is 15.0. The summed E-state index contributed by atoms with van der Waals surface area (Å²) < 4.78 is 0. The Balaban J connectivity index is 1.53. The first-order valence-corrected chi connectivity index (χ1v) is 9.41. The number of hydrogen-bond acceptors (Lipinski definition) is 3. The van der Waals surface area contributed by atoms with Crippen molar-refractivity contribution in [3.05, 3.63) is 35.9 Å². The van der Waals surface area contributed by atoms with Crippen LogP contribution in [0.3, 0.4) is 0 Å². The van der Waals surface area contributed by atoms with Crippen molar-refractivity contribution in [2.45, 2.75) is 57.9 Å². The summed E-state index contributed by atoms with van der Waals surface area (Å²) in [5, 5.41) is 5.99. The number of hydrogen-bond donors (Lipinski definition) is 0. The van der Waals surface area contributed by atoms with E-state index in [0.29, 0.717) is 19.0 Å². The Kier molecular flexibility index (Phi) is 5.84. The number of carbonyl (C=O) groups excluding carboxylic acids is 2. The molecular weight excluding hydrogens is 314 g/mol. The van der Waals surface area contributed by atoms with Gasteiger partial charge in [0.25, 0.3) is 0 Å². The third-order valence-corrected chi connectivity index (χ3v) is 5.17. The number of amides is 2. The molecule has 0 aliphatic carbocycles.